The summed E-state index contributed by atoms with van der Waals surface area (Å²) in [6, 6.07) is -7.57. The second-order valence-corrected chi connectivity index (χ2v) is 18.8. The SMILES string of the molecule is CCCC(NC(=O)C(CCSC)NC(=O)C(NC(=O)C(NC(=O)C(CCC(=O)OC(C)(C)C)NC(=O)C(CCC(=O)OC(C)(C)C)NC(C)=O)C(C)C)C(C)C)C(=O)C(=O)OCC. The van der Waals surface area contributed by atoms with Crippen LogP contribution in [-0.4, -0.2) is 125 Å². The molecule has 20 heteroatoms. The van der Waals surface area contributed by atoms with Crippen molar-refractivity contribution in [3.63, 3.8) is 0 Å². The highest BCUT2D eigenvalue weighted by molar-refractivity contribution is 7.98. The van der Waals surface area contributed by atoms with E-state index in [4.69, 9.17) is 14.2 Å². The number of rotatable bonds is 27. The Balaban J connectivity index is 6.48. The molecular weight excluding hydrogens is 841 g/mol. The lowest BCUT2D eigenvalue weighted by Crippen LogP contribution is -2.61. The molecule has 0 heterocycles. The molecule has 0 rings (SSSR count). The molecule has 6 atom stereocenters. The Kier molecular flexibility index (Phi) is 26.0. The lowest BCUT2D eigenvalue weighted by Gasteiger charge is -2.30. The van der Waals surface area contributed by atoms with Crippen LogP contribution in [0.1, 0.15) is 135 Å². The summed E-state index contributed by atoms with van der Waals surface area (Å²) in [5.74, 6) is -8.49. The molecule has 0 radical (unpaired) electrons. The van der Waals surface area contributed by atoms with Crippen LogP contribution in [0.3, 0.4) is 0 Å². The average molecular weight is 915 g/mol. The minimum absolute atomic E-state index is 0.0300. The maximum Gasteiger partial charge on any atom is 0.376 e. The number of carbonyl (C=O) groups excluding carboxylic acids is 10. The minimum Gasteiger partial charge on any atom is -0.460 e. The molecule has 0 spiro atoms. The molecule has 360 valence electrons. The molecule has 0 aromatic rings. The third kappa shape index (κ3) is 24.0. The lowest BCUT2D eigenvalue weighted by atomic mass is 9.98. The van der Waals surface area contributed by atoms with Crippen LogP contribution in [0.2, 0.25) is 0 Å². The third-order valence-electron chi connectivity index (χ3n) is 8.87. The molecule has 0 fully saturated rings. The quantitative estimate of drug-likeness (QED) is 0.0392. The van der Waals surface area contributed by atoms with E-state index in [1.807, 2.05) is 0 Å². The van der Waals surface area contributed by atoms with Gasteiger partial charge in [0.2, 0.25) is 35.4 Å². The third-order valence-corrected chi connectivity index (χ3v) is 9.51. The van der Waals surface area contributed by atoms with Crippen molar-refractivity contribution in [2.45, 2.75) is 182 Å². The van der Waals surface area contributed by atoms with E-state index in [1.54, 1.807) is 89.3 Å². The summed E-state index contributed by atoms with van der Waals surface area (Å²) in [5.41, 5.74) is -1.65. The van der Waals surface area contributed by atoms with Crippen molar-refractivity contribution >= 4 is 70.9 Å². The van der Waals surface area contributed by atoms with Gasteiger partial charge in [0.15, 0.2) is 0 Å². The minimum atomic E-state index is -1.44. The van der Waals surface area contributed by atoms with Crippen molar-refractivity contribution in [1.82, 2.24) is 31.9 Å². The molecule has 0 bridgehead atoms. The lowest BCUT2D eigenvalue weighted by molar-refractivity contribution is -0.156. The molecular formula is C43H74N6O13S. The maximum atomic E-state index is 14.0. The smallest absolute Gasteiger partial charge is 0.376 e. The molecule has 6 amide bonds. The van der Waals surface area contributed by atoms with Crippen molar-refractivity contribution in [3.05, 3.63) is 0 Å². The normalized spacial score (nSPS) is 14.4. The van der Waals surface area contributed by atoms with E-state index >= 15 is 0 Å². The Hall–Kier alpha value is -4.75. The number of ketones is 1. The number of amides is 6. The molecule has 0 aliphatic carbocycles. The molecule has 0 aromatic heterocycles. The van der Waals surface area contributed by atoms with Crippen LogP contribution in [0.5, 0.6) is 0 Å². The summed E-state index contributed by atoms with van der Waals surface area (Å²) < 4.78 is 15.5. The van der Waals surface area contributed by atoms with Crippen molar-refractivity contribution in [1.29, 1.82) is 0 Å². The fourth-order valence-electron chi connectivity index (χ4n) is 5.87. The van der Waals surface area contributed by atoms with Gasteiger partial charge in [-0.25, -0.2) is 4.79 Å². The molecule has 0 saturated heterocycles. The highest BCUT2D eigenvalue weighted by Crippen LogP contribution is 2.15. The van der Waals surface area contributed by atoms with Crippen LogP contribution in [0.25, 0.3) is 0 Å². The molecule has 0 aliphatic heterocycles. The van der Waals surface area contributed by atoms with E-state index in [0.717, 1.165) is 0 Å². The first-order valence-electron chi connectivity index (χ1n) is 21.5. The van der Waals surface area contributed by atoms with Crippen LogP contribution in [0.4, 0.5) is 0 Å². The van der Waals surface area contributed by atoms with Crippen LogP contribution in [0, 0.1) is 11.8 Å². The highest BCUT2D eigenvalue weighted by Gasteiger charge is 2.36. The second-order valence-electron chi connectivity index (χ2n) is 17.8. The van der Waals surface area contributed by atoms with Crippen molar-refractivity contribution in [2.75, 3.05) is 18.6 Å². The first-order valence-corrected chi connectivity index (χ1v) is 22.9. The van der Waals surface area contributed by atoms with Gasteiger partial charge >= 0.3 is 17.9 Å². The number of ether oxygens (including phenoxy) is 3. The summed E-state index contributed by atoms with van der Waals surface area (Å²) >= 11 is 1.41. The maximum absolute atomic E-state index is 14.0. The van der Waals surface area contributed by atoms with Gasteiger partial charge in [-0.2, -0.15) is 11.8 Å². The Bertz CT molecular complexity index is 1590. The Morgan fingerprint density at radius 1 is 0.524 bits per heavy atom. The van der Waals surface area contributed by atoms with Crippen LogP contribution >= 0.6 is 11.8 Å². The first kappa shape index (κ1) is 58.2. The van der Waals surface area contributed by atoms with E-state index in [1.165, 1.54) is 18.7 Å². The number of thioether (sulfide) groups is 1. The van der Waals surface area contributed by atoms with Gasteiger partial charge in [-0.15, -0.1) is 0 Å². The molecule has 0 aliphatic rings. The van der Waals surface area contributed by atoms with Crippen LogP contribution in [0.15, 0.2) is 0 Å². The topological polar surface area (TPSA) is 271 Å². The Morgan fingerprint density at radius 2 is 0.905 bits per heavy atom. The zero-order chi connectivity index (χ0) is 48.8. The molecule has 0 aromatic carbocycles. The monoisotopic (exact) mass is 915 g/mol. The van der Waals surface area contributed by atoms with Gasteiger partial charge in [-0.05, 0) is 98.0 Å². The zero-order valence-electron chi connectivity index (χ0n) is 39.7. The van der Waals surface area contributed by atoms with Crippen molar-refractivity contribution in [3.8, 4) is 0 Å². The standard InChI is InChI=1S/C43H74N6O13S/c1-15-17-27(35(53)41(59)60-16-2)45-37(55)30(22-23-63-14)47-39(57)33(24(3)4)49-40(58)34(25(5)6)48-38(56)29(19-21-32(52)62-43(11,12)13)46-36(54)28(44-26(7)50)18-20-31(51)61-42(8,9)10/h24-25,27-30,33-34H,15-23H2,1-14H3,(H,44,50)(H,45,55)(H,46,54)(H,47,57)(H,48,56)(H,49,58). The number of nitrogens with one attached hydrogen (secondary N) is 6. The largest absolute Gasteiger partial charge is 0.460 e. The van der Waals surface area contributed by atoms with Crippen molar-refractivity contribution in [2.24, 2.45) is 11.8 Å². The number of hydrogen-bond acceptors (Lipinski definition) is 14. The summed E-state index contributed by atoms with van der Waals surface area (Å²) in [6.07, 6.45) is 1.53. The van der Waals surface area contributed by atoms with Gasteiger partial charge in [0, 0.05) is 19.8 Å². The van der Waals surface area contributed by atoms with Gasteiger partial charge in [-0.3, -0.25) is 43.2 Å². The summed E-state index contributed by atoms with van der Waals surface area (Å²) in [7, 11) is 0. The van der Waals surface area contributed by atoms with Crippen LogP contribution in [-0.2, 0) is 62.2 Å². The highest BCUT2D eigenvalue weighted by atomic mass is 32.2. The van der Waals surface area contributed by atoms with Crippen LogP contribution < -0.4 is 31.9 Å². The predicted molar refractivity (Wildman–Crippen MR) is 237 cm³/mol. The number of esters is 3. The number of Topliss-reactive ketones (excluding diaryl/α,β-unsaturated/α-hetero) is 1. The number of carbonyl (C=O) groups is 10. The van der Waals surface area contributed by atoms with E-state index in [2.05, 4.69) is 31.9 Å². The zero-order valence-corrected chi connectivity index (χ0v) is 40.5. The van der Waals surface area contributed by atoms with E-state index < -0.39 is 118 Å². The van der Waals surface area contributed by atoms with Crippen molar-refractivity contribution < 1.29 is 62.2 Å². The fraction of sp³-hybridized carbons (Fsp3) is 0.767. The summed E-state index contributed by atoms with van der Waals surface area (Å²) in [6.45, 7) is 21.1. The summed E-state index contributed by atoms with van der Waals surface area (Å²) in [4.78, 5) is 131. The predicted octanol–water partition coefficient (Wildman–Crippen LogP) is 2.16. The second kappa shape index (κ2) is 28.1. The molecule has 0 saturated carbocycles. The summed E-state index contributed by atoms with van der Waals surface area (Å²) in [5, 5.41) is 15.6. The fourth-order valence-corrected chi connectivity index (χ4v) is 6.34. The van der Waals surface area contributed by atoms with Gasteiger partial charge in [0.25, 0.3) is 5.78 Å². The number of hydrogen-bond donors (Lipinski definition) is 6. The van der Waals surface area contributed by atoms with Gasteiger partial charge in [0.1, 0.15) is 41.4 Å². The van der Waals surface area contributed by atoms with E-state index in [-0.39, 0.29) is 45.1 Å². The molecule has 63 heavy (non-hydrogen) atoms. The Labute approximate surface area is 376 Å². The molecule has 19 nitrogen and oxygen atoms in total. The molecule has 6 unspecified atom stereocenters. The van der Waals surface area contributed by atoms with E-state index in [9.17, 15) is 47.9 Å². The molecule has 6 N–H and O–H groups in total. The van der Waals surface area contributed by atoms with Gasteiger partial charge < -0.3 is 46.1 Å². The average Bonchev–Trinajstić information content (AvgIpc) is 3.14. The Morgan fingerprint density at radius 3 is 1.30 bits per heavy atom. The van der Waals surface area contributed by atoms with Gasteiger partial charge in [0.05, 0.1) is 12.6 Å². The van der Waals surface area contributed by atoms with E-state index in [0.29, 0.717) is 12.2 Å². The van der Waals surface area contributed by atoms with Gasteiger partial charge in [-0.1, -0.05) is 41.0 Å². The first-order chi connectivity index (χ1) is 29.1.